The van der Waals surface area contributed by atoms with Gasteiger partial charge < -0.3 is 5.32 Å². The average Bonchev–Trinajstić information content (AvgIpc) is 3.14. The summed E-state index contributed by atoms with van der Waals surface area (Å²) in [6.07, 6.45) is 9.74. The Hall–Kier alpha value is -2.17. The number of rotatable bonds is 4. The molecule has 2 saturated carbocycles. The summed E-state index contributed by atoms with van der Waals surface area (Å²) in [5, 5.41) is 7.14. The van der Waals surface area contributed by atoms with Crippen LogP contribution in [-0.2, 0) is 4.79 Å². The van der Waals surface area contributed by atoms with Gasteiger partial charge in [0, 0.05) is 22.9 Å². The molecule has 0 heterocycles. The molecule has 0 unspecified atom stereocenters. The lowest BCUT2D eigenvalue weighted by molar-refractivity contribution is -0.120. The van der Waals surface area contributed by atoms with Crippen LogP contribution in [0, 0.1) is 5.92 Å². The summed E-state index contributed by atoms with van der Waals surface area (Å²) in [5.41, 5.74) is 4.97. The minimum Gasteiger partial charge on any atom is -0.326 e. The highest BCUT2D eigenvalue weighted by atomic mass is 16.2. The molecule has 0 bridgehead atoms. The average molecular weight is 327 g/mol. The van der Waals surface area contributed by atoms with Crippen LogP contribution in [0.1, 0.15) is 68.1 Å². The molecular formula is C19H25N3O2. The molecule has 2 aliphatic rings. The van der Waals surface area contributed by atoms with Gasteiger partial charge in [-0.05, 0) is 62.8 Å². The lowest BCUT2D eigenvalue weighted by Gasteiger charge is -2.20. The van der Waals surface area contributed by atoms with E-state index in [2.05, 4.69) is 15.8 Å². The summed E-state index contributed by atoms with van der Waals surface area (Å²) >= 11 is 0. The zero-order valence-corrected chi connectivity index (χ0v) is 14.0. The summed E-state index contributed by atoms with van der Waals surface area (Å²) in [4.78, 5) is 24.3. The van der Waals surface area contributed by atoms with E-state index in [1.54, 1.807) is 24.3 Å². The first-order valence-electron chi connectivity index (χ1n) is 8.99. The van der Waals surface area contributed by atoms with Crippen LogP contribution in [0.2, 0.25) is 0 Å². The molecular weight excluding hydrogens is 302 g/mol. The van der Waals surface area contributed by atoms with Gasteiger partial charge in [-0.25, -0.2) is 5.43 Å². The van der Waals surface area contributed by atoms with Gasteiger partial charge in [-0.15, -0.1) is 0 Å². The zero-order chi connectivity index (χ0) is 16.8. The summed E-state index contributed by atoms with van der Waals surface area (Å²) in [6, 6.07) is 7.00. The van der Waals surface area contributed by atoms with Crippen molar-refractivity contribution in [2.45, 2.75) is 57.8 Å². The highest BCUT2D eigenvalue weighted by Gasteiger charge is 2.21. The van der Waals surface area contributed by atoms with E-state index in [0.29, 0.717) is 5.56 Å². The zero-order valence-electron chi connectivity index (χ0n) is 14.0. The summed E-state index contributed by atoms with van der Waals surface area (Å²) in [5.74, 6) is 0.0167. The number of hydrogen-bond donors (Lipinski definition) is 2. The lowest BCUT2D eigenvalue weighted by atomic mass is 9.88. The highest BCUT2D eigenvalue weighted by Crippen LogP contribution is 2.25. The lowest BCUT2D eigenvalue weighted by Crippen LogP contribution is -2.24. The fourth-order valence-electron chi connectivity index (χ4n) is 3.40. The Morgan fingerprint density at radius 1 is 0.917 bits per heavy atom. The molecule has 24 heavy (non-hydrogen) atoms. The van der Waals surface area contributed by atoms with Gasteiger partial charge in [-0.2, -0.15) is 5.10 Å². The number of carbonyl (C=O) groups is 2. The van der Waals surface area contributed by atoms with E-state index in [0.717, 1.165) is 62.8 Å². The standard InChI is InChI=1S/C19H25N3O2/c23-18(14-6-2-1-3-7-14)20-16-12-10-15(11-13-16)19(24)22-21-17-8-4-5-9-17/h10-14H,1-9H2,(H,20,23)(H,22,24). The molecule has 3 rings (SSSR count). The van der Waals surface area contributed by atoms with Crippen LogP contribution < -0.4 is 10.7 Å². The molecule has 0 radical (unpaired) electrons. The van der Waals surface area contributed by atoms with E-state index < -0.39 is 0 Å². The second-order valence-corrected chi connectivity index (χ2v) is 6.73. The van der Waals surface area contributed by atoms with Gasteiger partial charge in [0.15, 0.2) is 0 Å². The van der Waals surface area contributed by atoms with Crippen molar-refractivity contribution in [3.8, 4) is 0 Å². The molecule has 2 fully saturated rings. The number of benzene rings is 1. The predicted molar refractivity (Wildman–Crippen MR) is 95.0 cm³/mol. The van der Waals surface area contributed by atoms with Crippen molar-refractivity contribution in [2.75, 3.05) is 5.32 Å². The largest absolute Gasteiger partial charge is 0.326 e. The van der Waals surface area contributed by atoms with Crippen LogP contribution in [0.5, 0.6) is 0 Å². The second kappa shape index (κ2) is 8.08. The quantitative estimate of drug-likeness (QED) is 0.824. The normalized spacial score (nSPS) is 18.2. The Balaban J connectivity index is 1.53. The smallest absolute Gasteiger partial charge is 0.271 e. The predicted octanol–water partition coefficient (Wildman–Crippen LogP) is 3.87. The first kappa shape index (κ1) is 16.7. The van der Waals surface area contributed by atoms with Crippen molar-refractivity contribution in [1.82, 2.24) is 5.43 Å². The van der Waals surface area contributed by atoms with Crippen molar-refractivity contribution in [3.05, 3.63) is 29.8 Å². The highest BCUT2D eigenvalue weighted by molar-refractivity contribution is 5.97. The number of hydrazone groups is 1. The third-order valence-electron chi connectivity index (χ3n) is 4.89. The summed E-state index contributed by atoms with van der Waals surface area (Å²) < 4.78 is 0. The van der Waals surface area contributed by atoms with E-state index in [1.807, 2.05) is 0 Å². The monoisotopic (exact) mass is 327 g/mol. The second-order valence-electron chi connectivity index (χ2n) is 6.73. The fourth-order valence-corrected chi connectivity index (χ4v) is 3.40. The molecule has 5 nitrogen and oxygen atoms in total. The van der Waals surface area contributed by atoms with Crippen LogP contribution in [-0.4, -0.2) is 17.5 Å². The fraction of sp³-hybridized carbons (Fsp3) is 0.526. The maximum Gasteiger partial charge on any atom is 0.271 e. The maximum atomic E-state index is 12.2. The maximum absolute atomic E-state index is 12.2. The van der Waals surface area contributed by atoms with E-state index in [-0.39, 0.29) is 17.7 Å². The van der Waals surface area contributed by atoms with Gasteiger partial charge in [0.2, 0.25) is 5.91 Å². The Kier molecular flexibility index (Phi) is 5.62. The first-order valence-corrected chi connectivity index (χ1v) is 8.99. The van der Waals surface area contributed by atoms with E-state index in [1.165, 1.54) is 6.42 Å². The van der Waals surface area contributed by atoms with Crippen LogP contribution >= 0.6 is 0 Å². The Morgan fingerprint density at radius 3 is 2.25 bits per heavy atom. The minimum atomic E-state index is -0.209. The molecule has 128 valence electrons. The molecule has 2 N–H and O–H groups in total. The third-order valence-corrected chi connectivity index (χ3v) is 4.89. The first-order chi connectivity index (χ1) is 11.7. The van der Waals surface area contributed by atoms with E-state index in [4.69, 9.17) is 0 Å². The molecule has 0 aromatic heterocycles. The summed E-state index contributed by atoms with van der Waals surface area (Å²) in [7, 11) is 0. The van der Waals surface area contributed by atoms with Crippen LogP contribution in [0.25, 0.3) is 0 Å². The van der Waals surface area contributed by atoms with Crippen LogP contribution in [0.15, 0.2) is 29.4 Å². The molecule has 0 atom stereocenters. The Bertz CT molecular complexity index is 608. The van der Waals surface area contributed by atoms with Gasteiger partial charge in [-0.1, -0.05) is 19.3 Å². The van der Waals surface area contributed by atoms with Gasteiger partial charge in [0.05, 0.1) is 0 Å². The van der Waals surface area contributed by atoms with Gasteiger partial charge in [-0.3, -0.25) is 9.59 Å². The molecule has 2 aliphatic carbocycles. The number of amides is 2. The molecule has 0 spiro atoms. The van der Waals surface area contributed by atoms with Crippen LogP contribution in [0.4, 0.5) is 5.69 Å². The number of anilines is 1. The van der Waals surface area contributed by atoms with Crippen LogP contribution in [0.3, 0.4) is 0 Å². The molecule has 1 aromatic rings. The van der Waals surface area contributed by atoms with Crippen molar-refractivity contribution in [2.24, 2.45) is 11.0 Å². The molecule has 0 saturated heterocycles. The van der Waals surface area contributed by atoms with Crippen molar-refractivity contribution >= 4 is 23.2 Å². The van der Waals surface area contributed by atoms with Gasteiger partial charge in [0.25, 0.3) is 5.91 Å². The topological polar surface area (TPSA) is 70.6 Å². The third kappa shape index (κ3) is 4.43. The molecule has 2 amide bonds. The minimum absolute atomic E-state index is 0.0968. The van der Waals surface area contributed by atoms with E-state index in [9.17, 15) is 9.59 Å². The number of carbonyl (C=O) groups excluding carboxylic acids is 2. The number of nitrogens with zero attached hydrogens (tertiary/aromatic N) is 1. The van der Waals surface area contributed by atoms with Crippen molar-refractivity contribution in [3.63, 3.8) is 0 Å². The number of nitrogens with one attached hydrogen (secondary N) is 2. The van der Waals surface area contributed by atoms with Gasteiger partial charge >= 0.3 is 0 Å². The Morgan fingerprint density at radius 2 is 1.58 bits per heavy atom. The summed E-state index contributed by atoms with van der Waals surface area (Å²) in [6.45, 7) is 0. The van der Waals surface area contributed by atoms with Crippen molar-refractivity contribution < 1.29 is 9.59 Å². The SMILES string of the molecule is O=C(NN=C1CCCC1)c1ccc(NC(=O)C2CCCCC2)cc1. The molecule has 5 heteroatoms. The van der Waals surface area contributed by atoms with E-state index >= 15 is 0 Å². The van der Waals surface area contributed by atoms with Crippen molar-refractivity contribution in [1.29, 1.82) is 0 Å². The molecule has 1 aromatic carbocycles. The molecule has 0 aliphatic heterocycles. The Labute approximate surface area is 142 Å². The van der Waals surface area contributed by atoms with Gasteiger partial charge in [0.1, 0.15) is 0 Å². The number of hydrogen-bond acceptors (Lipinski definition) is 3.